The second-order valence-electron chi connectivity index (χ2n) is 21.3. The summed E-state index contributed by atoms with van der Waals surface area (Å²) >= 11 is 0. The van der Waals surface area contributed by atoms with Gasteiger partial charge in [0.05, 0.1) is 50.2 Å². The molecule has 0 radical (unpaired) electrons. The van der Waals surface area contributed by atoms with Crippen LogP contribution in [0.3, 0.4) is 0 Å². The molecule has 474 valence electrons. The molecule has 0 aromatic carbocycles. The van der Waals surface area contributed by atoms with E-state index >= 15 is 0 Å². The molecule has 0 aromatic heterocycles. The van der Waals surface area contributed by atoms with Gasteiger partial charge in [-0.3, -0.25) is 10.3 Å². The number of aliphatic imine (C=N–C) groups is 3. The van der Waals surface area contributed by atoms with Crippen LogP contribution in [0.4, 0.5) is 0 Å². The molecule has 38 nitrogen and oxygen atoms in total. The van der Waals surface area contributed by atoms with E-state index in [0.29, 0.717) is 0 Å². The topological polar surface area (TPSA) is 660 Å². The lowest BCUT2D eigenvalue weighted by atomic mass is 9.81. The zero-order valence-electron chi connectivity index (χ0n) is 45.2. The number of ether oxygens (including phenoxy) is 8. The molecule has 30 atom stereocenters. The average Bonchev–Trinajstić information content (AvgIpc) is 2.32. The first-order chi connectivity index (χ1) is 38.4. The molecule has 6 fully saturated rings. The van der Waals surface area contributed by atoms with Crippen LogP contribution in [0.15, 0.2) is 15.0 Å². The maximum absolute atomic E-state index is 12.7. The Morgan fingerprint density at radius 2 is 1.01 bits per heavy atom. The minimum absolute atomic E-state index is 0.139. The number of likely N-dealkylation sites (N-methyl/N-ethyl adjacent to an activating group) is 2. The maximum atomic E-state index is 12.7. The number of hydrogen-bond donors (Lipinski definition) is 26. The number of aliphatic hydroxyl groups is 15. The van der Waals surface area contributed by atoms with Gasteiger partial charge >= 0.3 is 0 Å². The van der Waals surface area contributed by atoms with Crippen LogP contribution in [0.2, 0.25) is 0 Å². The van der Waals surface area contributed by atoms with E-state index in [9.17, 15) is 76.6 Å². The summed E-state index contributed by atoms with van der Waals surface area (Å²) in [7, 11) is 2.84. The van der Waals surface area contributed by atoms with Crippen molar-refractivity contribution in [2.24, 2.45) is 55.1 Å². The van der Waals surface area contributed by atoms with Crippen LogP contribution in [0, 0.1) is 5.41 Å². The number of hydrogen-bond acceptors (Lipinski definition) is 30. The molecule has 0 aromatic rings. The predicted molar refractivity (Wildman–Crippen MR) is 276 cm³/mol. The second kappa shape index (κ2) is 27.6. The molecule has 82 heavy (non-hydrogen) atoms. The highest BCUT2D eigenvalue weighted by Crippen LogP contribution is 2.42. The molecule has 4 saturated heterocycles. The van der Waals surface area contributed by atoms with Gasteiger partial charge in [-0.25, -0.2) is 15.0 Å². The van der Waals surface area contributed by atoms with Crippen molar-refractivity contribution in [2.75, 3.05) is 53.6 Å². The van der Waals surface area contributed by atoms with Gasteiger partial charge in [-0.15, -0.1) is 0 Å². The van der Waals surface area contributed by atoms with Crippen LogP contribution in [-0.4, -0.2) is 341 Å². The maximum Gasteiger partial charge on any atom is 0.187 e. The highest BCUT2D eigenvalue weighted by molar-refractivity contribution is 5.77. The molecule has 6 rings (SSSR count). The third kappa shape index (κ3) is 13.7. The van der Waals surface area contributed by atoms with E-state index in [1.54, 1.807) is 0 Å². The lowest BCUT2D eigenvalue weighted by molar-refractivity contribution is -0.327. The predicted octanol–water partition coefficient (Wildman–Crippen LogP) is -16.2. The Hall–Kier alpha value is -3.96. The summed E-state index contributed by atoms with van der Waals surface area (Å²) in [5.41, 5.74) is 34.4. The van der Waals surface area contributed by atoms with Crippen LogP contribution in [-0.2, 0) is 37.9 Å². The molecule has 38 heteroatoms. The quantitative estimate of drug-likeness (QED) is 0.0272. The Morgan fingerprint density at radius 3 is 1.52 bits per heavy atom. The Labute approximate surface area is 468 Å². The van der Waals surface area contributed by atoms with E-state index in [0.717, 1.165) is 0 Å². The summed E-state index contributed by atoms with van der Waals surface area (Å²) < 4.78 is 48.9. The van der Waals surface area contributed by atoms with Gasteiger partial charge in [0, 0.05) is 19.6 Å². The average molecular weight is 1190 g/mol. The van der Waals surface area contributed by atoms with Crippen molar-refractivity contribution in [3.05, 3.63) is 0 Å². The second-order valence-corrected chi connectivity index (χ2v) is 21.3. The van der Waals surface area contributed by atoms with E-state index in [1.165, 1.54) is 32.8 Å². The van der Waals surface area contributed by atoms with Crippen LogP contribution in [0.25, 0.3) is 0 Å². The number of aliphatic hydroxyl groups excluding tert-OH is 13. The summed E-state index contributed by atoms with van der Waals surface area (Å²) in [5.74, 6) is -2.48. The summed E-state index contributed by atoms with van der Waals surface area (Å²) in [5, 5.41) is 184. The van der Waals surface area contributed by atoms with Gasteiger partial charge in [0.1, 0.15) is 127 Å². The third-order valence-corrected chi connectivity index (χ3v) is 16.0. The Kier molecular flexibility index (Phi) is 22.6. The molecule has 4 aliphatic heterocycles. The van der Waals surface area contributed by atoms with Gasteiger partial charge in [0.25, 0.3) is 0 Å². The van der Waals surface area contributed by atoms with Gasteiger partial charge < -0.3 is 171 Å². The standard InChI is InChI=1S/C44H85N15O23/c1-11-43(73,33(81-35-19(53-3)27(69)21(63)13(7-60)77-35)37(75-11)79-31-17(57-41(49)50)23(65)15(55-39(45)46)25(67)29(31)71)9-54-5-6-59(4)20-28(70)22(64)14(8-61)78-36(20)82-34-38(76-12(2)44(34,74)10-62)80-32-18(58-42(51)52)24(66)16(56-40(47)48)26(68)30(32)72/h11-38,53-54,60-74H,5-10H2,1-4H3,(H4,45,46,55)(H4,47,48,56)(H4,49,50,57)(H4,51,52,58)/t11-,12-,13?,14?,15?,16?,17-,18-,19?,20?,21-,22-,23?,24?,25-,26-,27+,28+,29?,30?,31-,32-,33?,34?,35-,36-,37-,38-,43-,44-/m0/s1. The first-order valence-corrected chi connectivity index (χ1v) is 26.2. The highest BCUT2D eigenvalue weighted by Gasteiger charge is 2.63. The normalized spacial score (nSPS) is 47.0. The Balaban J connectivity index is 1.26. The first-order valence-electron chi connectivity index (χ1n) is 26.2. The SMILES string of the molecule is CNC1[C@H](OC2[C@H](O[C@@H]3C(O)[C@@H](O)C(N=C(N)N)C(O)[C@@H]3NC(=N)N)O[C@@H](C)[C@@]2(O)CNCCN(C)C2[C@H](OC3[C@H](O[C@@H]4C(O)[C@@H](O)C(N=C(N)N)C(O)[C@@H]4N=C(N)N)O[C@@H](C)[C@@]3(O)CO)OC(CO)[C@H](O)[C@@H]2O)OC(CO)[C@H](O)[C@@H]1O. The molecule has 4 heterocycles. The molecular formula is C44H85N15O23. The molecule has 2 aliphatic carbocycles. The number of rotatable bonds is 22. The fourth-order valence-electron chi connectivity index (χ4n) is 11.3. The van der Waals surface area contributed by atoms with E-state index in [-0.39, 0.29) is 13.1 Å². The summed E-state index contributed by atoms with van der Waals surface area (Å²) in [6.07, 6.45) is -38.1. The monoisotopic (exact) mass is 1190 g/mol. The molecule has 12 unspecified atom stereocenters. The number of nitrogens with zero attached hydrogens (tertiary/aromatic N) is 4. The highest BCUT2D eigenvalue weighted by atomic mass is 16.8. The minimum Gasteiger partial charge on any atom is -0.394 e. The van der Waals surface area contributed by atoms with E-state index < -0.39 is 233 Å². The first kappa shape index (κ1) is 67.2. The van der Waals surface area contributed by atoms with Crippen molar-refractivity contribution in [3.8, 4) is 0 Å². The van der Waals surface area contributed by atoms with Crippen molar-refractivity contribution < 1.29 is 114 Å². The number of nitrogens with two attached hydrogens (primary N) is 7. The fourth-order valence-corrected chi connectivity index (χ4v) is 11.3. The largest absolute Gasteiger partial charge is 0.394 e. The van der Waals surface area contributed by atoms with Gasteiger partial charge in [-0.2, -0.15) is 0 Å². The molecule has 0 bridgehead atoms. The van der Waals surface area contributed by atoms with Gasteiger partial charge in [0.15, 0.2) is 49.0 Å². The summed E-state index contributed by atoms with van der Waals surface area (Å²) in [6.45, 7) is -0.800. The van der Waals surface area contributed by atoms with Crippen LogP contribution in [0.1, 0.15) is 13.8 Å². The fraction of sp³-hybridized carbons (Fsp3) is 0.909. The van der Waals surface area contributed by atoms with E-state index in [4.69, 9.17) is 83.4 Å². The molecule has 0 spiro atoms. The van der Waals surface area contributed by atoms with Crippen molar-refractivity contribution in [2.45, 2.75) is 196 Å². The van der Waals surface area contributed by atoms with Crippen LogP contribution < -0.4 is 56.1 Å². The van der Waals surface area contributed by atoms with Crippen LogP contribution >= 0.6 is 0 Å². The van der Waals surface area contributed by atoms with Crippen molar-refractivity contribution in [1.29, 1.82) is 5.41 Å². The smallest absolute Gasteiger partial charge is 0.187 e. The Bertz CT molecular complexity index is 2180. The van der Waals surface area contributed by atoms with Gasteiger partial charge in [-0.1, -0.05) is 0 Å². The zero-order valence-corrected chi connectivity index (χ0v) is 45.2. The van der Waals surface area contributed by atoms with Gasteiger partial charge in [-0.05, 0) is 27.9 Å². The van der Waals surface area contributed by atoms with Crippen molar-refractivity contribution >= 4 is 23.8 Å². The molecule has 6 aliphatic rings. The van der Waals surface area contributed by atoms with E-state index in [2.05, 4.69) is 30.9 Å². The van der Waals surface area contributed by atoms with Crippen LogP contribution in [0.5, 0.6) is 0 Å². The molecular weight excluding hydrogens is 1110 g/mol. The lowest BCUT2D eigenvalue weighted by Gasteiger charge is -2.48. The number of nitrogens with one attached hydrogen (secondary N) is 4. The summed E-state index contributed by atoms with van der Waals surface area (Å²) in [4.78, 5) is 13.0. The van der Waals surface area contributed by atoms with Crippen molar-refractivity contribution in [1.82, 2.24) is 20.9 Å². The number of guanidine groups is 4. The zero-order chi connectivity index (χ0) is 61.2. The minimum atomic E-state index is -2.39. The summed E-state index contributed by atoms with van der Waals surface area (Å²) in [6, 6.07) is -9.04. The molecule has 0 amide bonds. The Morgan fingerprint density at radius 1 is 0.549 bits per heavy atom. The van der Waals surface area contributed by atoms with Crippen molar-refractivity contribution in [3.63, 3.8) is 0 Å². The van der Waals surface area contributed by atoms with Gasteiger partial charge in [0.2, 0.25) is 0 Å². The lowest BCUT2D eigenvalue weighted by Crippen LogP contribution is -2.70. The third-order valence-electron chi connectivity index (χ3n) is 16.0. The van der Waals surface area contributed by atoms with E-state index in [1.807, 2.05) is 0 Å². The molecule has 2 saturated carbocycles. The molecule has 33 N–H and O–H groups in total.